The monoisotopic (exact) mass is 369 g/mol. The smallest absolute Gasteiger partial charge is 0.249 e. The van der Waals surface area contributed by atoms with E-state index in [9.17, 15) is 19.4 Å². The zero-order valence-corrected chi connectivity index (χ0v) is 14.0. The van der Waals surface area contributed by atoms with Gasteiger partial charge in [-0.05, 0) is 54.6 Å². The number of rotatable bonds is 6. The molecule has 0 bridgehead atoms. The van der Waals surface area contributed by atoms with Gasteiger partial charge in [0.2, 0.25) is 5.91 Å². The van der Waals surface area contributed by atoms with Gasteiger partial charge in [-0.15, -0.1) is 0 Å². The van der Waals surface area contributed by atoms with Crippen LogP contribution in [0.2, 0.25) is 0 Å². The van der Waals surface area contributed by atoms with Crippen molar-refractivity contribution in [3.8, 4) is 22.9 Å². The van der Waals surface area contributed by atoms with Gasteiger partial charge in [0.15, 0.2) is 11.9 Å². The lowest BCUT2D eigenvalue weighted by molar-refractivity contribution is -0.132. The van der Waals surface area contributed by atoms with E-state index in [1.165, 1.54) is 36.5 Å². The Kier molecular flexibility index (Phi) is 5.39. The fraction of sp³-hybridized carbons (Fsp3) is 0.105. The van der Waals surface area contributed by atoms with Crippen molar-refractivity contribution < 1.29 is 24.1 Å². The van der Waals surface area contributed by atoms with Crippen LogP contribution in [0.1, 0.15) is 11.8 Å². The summed E-state index contributed by atoms with van der Waals surface area (Å²) in [7, 11) is 0. The maximum absolute atomic E-state index is 12.9. The van der Waals surface area contributed by atoms with Gasteiger partial charge in [0, 0.05) is 11.8 Å². The van der Waals surface area contributed by atoms with Crippen molar-refractivity contribution in [1.29, 1.82) is 0 Å². The molecule has 0 saturated carbocycles. The third-order valence-corrected chi connectivity index (χ3v) is 3.73. The molecule has 1 heterocycles. The molecule has 0 fully saturated rings. The van der Waals surface area contributed by atoms with Crippen molar-refractivity contribution >= 4 is 5.91 Å². The highest BCUT2D eigenvalue weighted by molar-refractivity contribution is 5.79. The molecular formula is C19H16FN3O4. The van der Waals surface area contributed by atoms with E-state index in [1.807, 2.05) is 0 Å². The minimum Gasteiger partial charge on any atom is -0.457 e. The zero-order valence-electron chi connectivity index (χ0n) is 14.0. The minimum atomic E-state index is -1.76. The Morgan fingerprint density at radius 1 is 1.00 bits per heavy atom. The van der Waals surface area contributed by atoms with E-state index < -0.39 is 18.1 Å². The van der Waals surface area contributed by atoms with Gasteiger partial charge < -0.3 is 20.7 Å². The summed E-state index contributed by atoms with van der Waals surface area (Å²) in [6.07, 6.45) is -1.91. The lowest BCUT2D eigenvalue weighted by Crippen LogP contribution is -2.34. The van der Waals surface area contributed by atoms with Crippen LogP contribution in [-0.2, 0) is 4.79 Å². The molecule has 3 aromatic rings. The average Bonchev–Trinajstić information content (AvgIpc) is 2.69. The maximum Gasteiger partial charge on any atom is 0.249 e. The number of carbonyl (C=O) groups is 1. The van der Waals surface area contributed by atoms with E-state index >= 15 is 0 Å². The second-order valence-corrected chi connectivity index (χ2v) is 5.68. The van der Waals surface area contributed by atoms with Crippen LogP contribution in [0.25, 0.3) is 11.4 Å². The van der Waals surface area contributed by atoms with Crippen molar-refractivity contribution in [1.82, 2.24) is 9.97 Å². The predicted molar refractivity (Wildman–Crippen MR) is 94.1 cm³/mol. The molecule has 0 aliphatic rings. The second-order valence-electron chi connectivity index (χ2n) is 5.68. The molecule has 1 amide bonds. The minimum absolute atomic E-state index is 0.0675. The van der Waals surface area contributed by atoms with E-state index in [0.29, 0.717) is 17.1 Å². The van der Waals surface area contributed by atoms with Crippen LogP contribution in [0.4, 0.5) is 4.39 Å². The quantitative estimate of drug-likeness (QED) is 0.611. The first-order valence-corrected chi connectivity index (χ1v) is 7.96. The molecule has 0 aliphatic carbocycles. The lowest BCUT2D eigenvalue weighted by atomic mass is 10.1. The first-order chi connectivity index (χ1) is 12.9. The summed E-state index contributed by atoms with van der Waals surface area (Å²) in [5.74, 6) is -0.0865. The third kappa shape index (κ3) is 4.43. The van der Waals surface area contributed by atoms with E-state index in [4.69, 9.17) is 10.5 Å². The van der Waals surface area contributed by atoms with Gasteiger partial charge in [0.05, 0.1) is 5.69 Å². The number of halogens is 1. The molecule has 0 aliphatic heterocycles. The summed E-state index contributed by atoms with van der Waals surface area (Å²) in [5, 5.41) is 19.5. The van der Waals surface area contributed by atoms with E-state index in [2.05, 4.69) is 9.97 Å². The van der Waals surface area contributed by atoms with Crippen LogP contribution in [0.5, 0.6) is 11.5 Å². The molecule has 0 unspecified atom stereocenters. The van der Waals surface area contributed by atoms with Gasteiger partial charge in [-0.3, -0.25) is 4.79 Å². The first kappa shape index (κ1) is 18.4. The number of aliphatic hydroxyl groups is 2. The fourth-order valence-corrected chi connectivity index (χ4v) is 2.30. The third-order valence-electron chi connectivity index (χ3n) is 3.73. The predicted octanol–water partition coefficient (Wildman–Crippen LogP) is 1.95. The average molecular weight is 369 g/mol. The number of amides is 1. The van der Waals surface area contributed by atoms with Crippen molar-refractivity contribution in [2.45, 2.75) is 12.2 Å². The number of hydrogen-bond acceptors (Lipinski definition) is 6. The number of hydrogen-bond donors (Lipinski definition) is 3. The van der Waals surface area contributed by atoms with Gasteiger partial charge in [-0.25, -0.2) is 14.4 Å². The van der Waals surface area contributed by atoms with Crippen molar-refractivity contribution in [2.24, 2.45) is 5.73 Å². The molecule has 4 N–H and O–H groups in total. The van der Waals surface area contributed by atoms with Crippen molar-refractivity contribution in [3.05, 3.63) is 72.3 Å². The van der Waals surface area contributed by atoms with Crippen LogP contribution in [0.15, 0.2) is 60.8 Å². The molecule has 3 rings (SSSR count). The summed E-state index contributed by atoms with van der Waals surface area (Å²) in [6.45, 7) is 0. The van der Waals surface area contributed by atoms with Gasteiger partial charge in [-0.2, -0.15) is 0 Å². The van der Waals surface area contributed by atoms with E-state index in [0.717, 1.165) is 0 Å². The van der Waals surface area contributed by atoms with E-state index in [1.54, 1.807) is 24.3 Å². The Bertz CT molecular complexity index is 932. The van der Waals surface area contributed by atoms with Gasteiger partial charge >= 0.3 is 0 Å². The highest BCUT2D eigenvalue weighted by Crippen LogP contribution is 2.25. The molecule has 2 atom stereocenters. The highest BCUT2D eigenvalue weighted by Gasteiger charge is 2.25. The Labute approximate surface area is 153 Å². The number of primary amides is 1. The zero-order chi connectivity index (χ0) is 19.4. The van der Waals surface area contributed by atoms with Gasteiger partial charge in [-0.1, -0.05) is 0 Å². The van der Waals surface area contributed by atoms with Crippen molar-refractivity contribution in [2.75, 3.05) is 0 Å². The number of aliphatic hydroxyl groups excluding tert-OH is 2. The summed E-state index contributed by atoms with van der Waals surface area (Å²) < 4.78 is 18.5. The number of carbonyl (C=O) groups excluding carboxylic acids is 1. The Balaban J connectivity index is 1.78. The topological polar surface area (TPSA) is 119 Å². The number of nitrogens with zero attached hydrogens (tertiary/aromatic N) is 2. The molecule has 0 saturated heterocycles. The molecule has 0 radical (unpaired) electrons. The number of ether oxygens (including phenoxy) is 1. The van der Waals surface area contributed by atoms with Crippen LogP contribution in [0, 0.1) is 5.82 Å². The van der Waals surface area contributed by atoms with Crippen LogP contribution in [-0.4, -0.2) is 32.2 Å². The highest BCUT2D eigenvalue weighted by atomic mass is 19.1. The maximum atomic E-state index is 12.9. The van der Waals surface area contributed by atoms with Crippen LogP contribution < -0.4 is 10.5 Å². The lowest BCUT2D eigenvalue weighted by Gasteiger charge is -2.14. The molecule has 27 heavy (non-hydrogen) atoms. The number of nitrogens with two attached hydrogens (primary N) is 1. The second kappa shape index (κ2) is 7.90. The normalized spacial score (nSPS) is 13.0. The fourth-order valence-electron chi connectivity index (χ4n) is 2.30. The van der Waals surface area contributed by atoms with Crippen LogP contribution >= 0.6 is 0 Å². The SMILES string of the molecule is NC(=O)[C@H](O)[C@@H](O)c1ccnc(-c2ccc(Oc3ccc(F)cc3)cc2)n1. The molecule has 138 valence electrons. The number of benzene rings is 2. The first-order valence-electron chi connectivity index (χ1n) is 7.96. The van der Waals surface area contributed by atoms with E-state index in [-0.39, 0.29) is 17.3 Å². The summed E-state index contributed by atoms with van der Waals surface area (Å²) in [6, 6.07) is 13.8. The summed E-state index contributed by atoms with van der Waals surface area (Å²) in [5.41, 5.74) is 5.68. The molecule has 8 heteroatoms. The largest absolute Gasteiger partial charge is 0.457 e. The van der Waals surface area contributed by atoms with Crippen LogP contribution in [0.3, 0.4) is 0 Å². The molecular weight excluding hydrogens is 353 g/mol. The summed E-state index contributed by atoms with van der Waals surface area (Å²) >= 11 is 0. The Hall–Kier alpha value is -3.36. The molecule has 1 aromatic heterocycles. The Morgan fingerprint density at radius 2 is 1.59 bits per heavy atom. The van der Waals surface area contributed by atoms with Gasteiger partial charge in [0.25, 0.3) is 0 Å². The van der Waals surface area contributed by atoms with Crippen molar-refractivity contribution in [3.63, 3.8) is 0 Å². The van der Waals surface area contributed by atoms with Gasteiger partial charge in [0.1, 0.15) is 23.4 Å². The molecule has 2 aromatic carbocycles. The Morgan fingerprint density at radius 3 is 2.19 bits per heavy atom. The molecule has 7 nitrogen and oxygen atoms in total. The molecule has 0 spiro atoms. The standard InChI is InChI=1S/C19H16FN3O4/c20-12-3-7-14(8-4-12)27-13-5-1-11(2-6-13)19-22-10-9-15(23-19)16(24)17(25)18(21)26/h1-10,16-17,24-25H,(H2,21,26)/t16-,17+/m0/s1. The summed E-state index contributed by atoms with van der Waals surface area (Å²) in [4.78, 5) is 19.3. The number of aromatic nitrogens is 2.